The van der Waals surface area contributed by atoms with Crippen LogP contribution < -0.4 is 5.32 Å². The molecule has 2 rings (SSSR count). The third kappa shape index (κ3) is 3.67. The lowest BCUT2D eigenvalue weighted by atomic mass is 10.1. The number of hydrogen-bond acceptors (Lipinski definition) is 1. The molecule has 1 heteroatoms. The SMILES string of the molecule is C1=CC(CNCCc2ccccc2)=CCC1. The Bertz CT molecular complexity index is 362. The molecule has 84 valence electrons. The third-order valence-corrected chi connectivity index (χ3v) is 2.83. The van der Waals surface area contributed by atoms with Crippen molar-refractivity contribution >= 4 is 0 Å². The second-order valence-electron chi connectivity index (χ2n) is 4.17. The minimum absolute atomic E-state index is 1.00. The lowest BCUT2D eigenvalue weighted by molar-refractivity contribution is 0.730. The first-order valence-corrected chi connectivity index (χ1v) is 6.05. The van der Waals surface area contributed by atoms with E-state index in [1.807, 2.05) is 0 Å². The predicted octanol–water partition coefficient (Wildman–Crippen LogP) is 3.10. The van der Waals surface area contributed by atoms with Crippen LogP contribution >= 0.6 is 0 Å². The zero-order chi connectivity index (χ0) is 11.1. The van der Waals surface area contributed by atoms with Crippen LogP contribution in [0.15, 0.2) is 54.1 Å². The van der Waals surface area contributed by atoms with Gasteiger partial charge in [0.05, 0.1) is 0 Å². The van der Waals surface area contributed by atoms with Crippen LogP contribution in [0.5, 0.6) is 0 Å². The minimum atomic E-state index is 1.00. The van der Waals surface area contributed by atoms with Crippen LogP contribution in [0.1, 0.15) is 18.4 Å². The summed E-state index contributed by atoms with van der Waals surface area (Å²) >= 11 is 0. The van der Waals surface area contributed by atoms with Crippen molar-refractivity contribution in [1.29, 1.82) is 0 Å². The van der Waals surface area contributed by atoms with Gasteiger partial charge < -0.3 is 5.32 Å². The zero-order valence-electron chi connectivity index (χ0n) is 9.65. The highest BCUT2D eigenvalue weighted by atomic mass is 14.8. The Balaban J connectivity index is 1.65. The molecule has 0 aliphatic heterocycles. The molecule has 1 nitrogen and oxygen atoms in total. The molecule has 0 spiro atoms. The Morgan fingerprint density at radius 1 is 1.06 bits per heavy atom. The fourth-order valence-electron chi connectivity index (χ4n) is 1.91. The summed E-state index contributed by atoms with van der Waals surface area (Å²) in [5.74, 6) is 0. The summed E-state index contributed by atoms with van der Waals surface area (Å²) in [5, 5.41) is 3.48. The van der Waals surface area contributed by atoms with Crippen LogP contribution in [0.2, 0.25) is 0 Å². The van der Waals surface area contributed by atoms with Gasteiger partial charge >= 0.3 is 0 Å². The molecule has 0 aromatic heterocycles. The highest BCUT2D eigenvalue weighted by molar-refractivity contribution is 5.23. The van der Waals surface area contributed by atoms with Crippen molar-refractivity contribution in [2.24, 2.45) is 0 Å². The molecule has 1 aromatic carbocycles. The zero-order valence-corrected chi connectivity index (χ0v) is 9.65. The maximum absolute atomic E-state index is 3.48. The molecule has 1 aliphatic carbocycles. The number of allylic oxidation sites excluding steroid dienone is 2. The summed E-state index contributed by atoms with van der Waals surface area (Å²) in [6.45, 7) is 2.05. The van der Waals surface area contributed by atoms with E-state index in [-0.39, 0.29) is 0 Å². The molecule has 16 heavy (non-hydrogen) atoms. The third-order valence-electron chi connectivity index (χ3n) is 2.83. The molecule has 1 N–H and O–H groups in total. The summed E-state index contributed by atoms with van der Waals surface area (Å²) < 4.78 is 0. The Hall–Kier alpha value is -1.34. The molecule has 0 unspecified atom stereocenters. The number of hydrogen-bond donors (Lipinski definition) is 1. The molecule has 1 aromatic rings. The van der Waals surface area contributed by atoms with Crippen LogP contribution in [0.4, 0.5) is 0 Å². The normalized spacial score (nSPS) is 14.9. The van der Waals surface area contributed by atoms with Gasteiger partial charge in [-0.2, -0.15) is 0 Å². The predicted molar refractivity (Wildman–Crippen MR) is 69.5 cm³/mol. The summed E-state index contributed by atoms with van der Waals surface area (Å²) in [4.78, 5) is 0. The van der Waals surface area contributed by atoms with Gasteiger partial charge in [-0.05, 0) is 36.9 Å². The van der Waals surface area contributed by atoms with E-state index in [4.69, 9.17) is 0 Å². The van der Waals surface area contributed by atoms with E-state index in [1.54, 1.807) is 0 Å². The summed E-state index contributed by atoms with van der Waals surface area (Å²) in [5.41, 5.74) is 2.84. The Morgan fingerprint density at radius 2 is 1.94 bits per heavy atom. The Morgan fingerprint density at radius 3 is 2.69 bits per heavy atom. The largest absolute Gasteiger partial charge is 0.312 e. The first-order valence-electron chi connectivity index (χ1n) is 6.05. The van der Waals surface area contributed by atoms with Crippen molar-refractivity contribution in [3.05, 3.63) is 59.7 Å². The van der Waals surface area contributed by atoms with Gasteiger partial charge in [0.1, 0.15) is 0 Å². The molecule has 0 atom stereocenters. The summed E-state index contributed by atoms with van der Waals surface area (Å²) in [6.07, 6.45) is 10.3. The van der Waals surface area contributed by atoms with Gasteiger partial charge in [0.2, 0.25) is 0 Å². The maximum atomic E-state index is 3.48. The molecular formula is C15H19N. The van der Waals surface area contributed by atoms with Gasteiger partial charge in [0.15, 0.2) is 0 Å². The van der Waals surface area contributed by atoms with Crippen LogP contribution in [-0.4, -0.2) is 13.1 Å². The van der Waals surface area contributed by atoms with Gasteiger partial charge in [0, 0.05) is 6.54 Å². The highest BCUT2D eigenvalue weighted by Gasteiger charge is 1.96. The van der Waals surface area contributed by atoms with Gasteiger partial charge in [-0.25, -0.2) is 0 Å². The standard InChI is InChI=1S/C15H19N/c1-3-7-14(8-4-1)11-12-16-13-15-9-5-2-6-10-15/h1,3-5,7-10,16H,2,6,11-13H2. The van der Waals surface area contributed by atoms with Gasteiger partial charge in [-0.15, -0.1) is 0 Å². The van der Waals surface area contributed by atoms with E-state index in [0.29, 0.717) is 0 Å². The summed E-state index contributed by atoms with van der Waals surface area (Å²) in [6, 6.07) is 10.6. The number of benzene rings is 1. The quantitative estimate of drug-likeness (QED) is 0.741. The first-order chi connectivity index (χ1) is 7.95. The van der Waals surface area contributed by atoms with Crippen molar-refractivity contribution in [2.75, 3.05) is 13.1 Å². The van der Waals surface area contributed by atoms with Crippen molar-refractivity contribution in [3.63, 3.8) is 0 Å². The molecular weight excluding hydrogens is 194 g/mol. The minimum Gasteiger partial charge on any atom is -0.312 e. The van der Waals surface area contributed by atoms with Crippen molar-refractivity contribution < 1.29 is 0 Å². The lowest BCUT2D eigenvalue weighted by Crippen LogP contribution is -2.19. The van der Waals surface area contributed by atoms with Crippen molar-refractivity contribution in [3.8, 4) is 0 Å². The average molecular weight is 213 g/mol. The van der Waals surface area contributed by atoms with E-state index in [0.717, 1.165) is 19.5 Å². The second kappa shape index (κ2) is 6.29. The molecule has 0 radical (unpaired) electrons. The number of rotatable bonds is 5. The molecule has 0 saturated heterocycles. The van der Waals surface area contributed by atoms with Crippen LogP contribution in [-0.2, 0) is 6.42 Å². The van der Waals surface area contributed by atoms with E-state index in [2.05, 4.69) is 53.9 Å². The average Bonchev–Trinajstić information content (AvgIpc) is 2.37. The van der Waals surface area contributed by atoms with Crippen molar-refractivity contribution in [1.82, 2.24) is 5.32 Å². The fraction of sp³-hybridized carbons (Fsp3) is 0.333. The molecule has 0 bridgehead atoms. The molecule has 1 aliphatic rings. The van der Waals surface area contributed by atoms with E-state index in [1.165, 1.54) is 24.0 Å². The molecule has 0 saturated carbocycles. The Labute approximate surface area is 97.9 Å². The van der Waals surface area contributed by atoms with Gasteiger partial charge in [0.25, 0.3) is 0 Å². The maximum Gasteiger partial charge on any atom is 0.0202 e. The van der Waals surface area contributed by atoms with Crippen LogP contribution in [0.3, 0.4) is 0 Å². The van der Waals surface area contributed by atoms with Crippen LogP contribution in [0.25, 0.3) is 0 Å². The second-order valence-corrected chi connectivity index (χ2v) is 4.17. The monoisotopic (exact) mass is 213 g/mol. The van der Waals surface area contributed by atoms with Crippen LogP contribution in [0, 0.1) is 0 Å². The Kier molecular flexibility index (Phi) is 4.38. The smallest absolute Gasteiger partial charge is 0.0202 e. The molecule has 0 amide bonds. The van der Waals surface area contributed by atoms with Crippen molar-refractivity contribution in [2.45, 2.75) is 19.3 Å². The van der Waals surface area contributed by atoms with E-state index in [9.17, 15) is 0 Å². The fourth-order valence-corrected chi connectivity index (χ4v) is 1.91. The van der Waals surface area contributed by atoms with Gasteiger partial charge in [-0.3, -0.25) is 0 Å². The highest BCUT2D eigenvalue weighted by Crippen LogP contribution is 2.08. The summed E-state index contributed by atoms with van der Waals surface area (Å²) in [7, 11) is 0. The van der Waals surface area contributed by atoms with E-state index < -0.39 is 0 Å². The lowest BCUT2D eigenvalue weighted by Gasteiger charge is -2.08. The molecule has 0 heterocycles. The topological polar surface area (TPSA) is 12.0 Å². The van der Waals surface area contributed by atoms with Gasteiger partial charge in [-0.1, -0.05) is 48.6 Å². The first kappa shape index (κ1) is 11.2. The molecule has 0 fully saturated rings. The van der Waals surface area contributed by atoms with E-state index >= 15 is 0 Å². The number of nitrogens with one attached hydrogen (secondary N) is 1.